The first-order chi connectivity index (χ1) is 17.5. The van der Waals surface area contributed by atoms with Crippen molar-refractivity contribution in [2.75, 3.05) is 19.8 Å². The summed E-state index contributed by atoms with van der Waals surface area (Å²) in [6.45, 7) is 3.33. The van der Waals surface area contributed by atoms with Crippen molar-refractivity contribution in [1.82, 2.24) is 4.90 Å². The van der Waals surface area contributed by atoms with Crippen molar-refractivity contribution in [3.05, 3.63) is 98.1 Å². The van der Waals surface area contributed by atoms with Gasteiger partial charge in [-0.05, 0) is 76.6 Å². The molecule has 0 N–H and O–H groups in total. The van der Waals surface area contributed by atoms with E-state index in [2.05, 4.69) is 20.9 Å². The first kappa shape index (κ1) is 26.4. The van der Waals surface area contributed by atoms with Crippen LogP contribution in [0, 0.1) is 5.82 Å². The molecule has 0 aliphatic carbocycles. The van der Waals surface area contributed by atoms with Gasteiger partial charge in [-0.25, -0.2) is 9.38 Å². The highest BCUT2D eigenvalue weighted by Gasteiger charge is 2.33. The molecule has 1 amide bonds. The minimum absolute atomic E-state index is 0.0356. The van der Waals surface area contributed by atoms with Gasteiger partial charge in [0.1, 0.15) is 12.4 Å². The van der Waals surface area contributed by atoms with E-state index in [-0.39, 0.29) is 18.3 Å². The molecule has 36 heavy (non-hydrogen) atoms. The van der Waals surface area contributed by atoms with Gasteiger partial charge in [-0.15, -0.1) is 0 Å². The highest BCUT2D eigenvalue weighted by molar-refractivity contribution is 9.10. The highest BCUT2D eigenvalue weighted by atomic mass is 79.9. The Morgan fingerprint density at radius 2 is 1.89 bits per heavy atom. The van der Waals surface area contributed by atoms with Gasteiger partial charge < -0.3 is 9.47 Å². The van der Waals surface area contributed by atoms with E-state index in [9.17, 15) is 9.18 Å². The van der Waals surface area contributed by atoms with Gasteiger partial charge in [0.15, 0.2) is 10.9 Å². The first-order valence-electron chi connectivity index (χ1n) is 11.2. The normalized spacial score (nSPS) is 15.8. The summed E-state index contributed by atoms with van der Waals surface area (Å²) in [6.07, 6.45) is 1.77. The zero-order chi connectivity index (χ0) is 25.5. The largest absolute Gasteiger partial charge is 0.486 e. The van der Waals surface area contributed by atoms with E-state index in [0.29, 0.717) is 56.2 Å². The van der Waals surface area contributed by atoms with Crippen LogP contribution in [0.4, 0.5) is 10.1 Å². The highest BCUT2D eigenvalue weighted by Crippen LogP contribution is 2.38. The Kier molecular flexibility index (Phi) is 9.20. The molecule has 0 saturated carbocycles. The molecular formula is C27H23BrClFN2O3S. The molecule has 0 atom stereocenters. The number of benzene rings is 3. The van der Waals surface area contributed by atoms with Gasteiger partial charge in [0.2, 0.25) is 0 Å². The Bertz CT molecular complexity index is 1280. The van der Waals surface area contributed by atoms with Crippen LogP contribution in [0.25, 0.3) is 6.08 Å². The second-order valence-corrected chi connectivity index (χ2v) is 9.96. The van der Waals surface area contributed by atoms with E-state index in [0.717, 1.165) is 5.69 Å². The molecule has 4 rings (SSSR count). The first-order valence-corrected chi connectivity index (χ1v) is 13.2. The Morgan fingerprint density at radius 1 is 1.14 bits per heavy atom. The van der Waals surface area contributed by atoms with Crippen LogP contribution in [-0.4, -0.2) is 35.7 Å². The summed E-state index contributed by atoms with van der Waals surface area (Å²) >= 11 is 11.3. The van der Waals surface area contributed by atoms with Gasteiger partial charge in [-0.2, -0.15) is 0 Å². The number of hydrogen-bond donors (Lipinski definition) is 0. The number of para-hydroxylation sites is 1. The summed E-state index contributed by atoms with van der Waals surface area (Å²) in [5, 5.41) is 0.932. The standard InChI is InChI=1S/C27H23BrClFN2O3S/c1-2-34-13-12-32-26(33)24(36-27(32)31-20-9-4-3-5-10-20)16-18-14-21(28)25(22(29)15-18)35-17-19-8-6-7-11-23(19)30/h3-11,14-16H,2,12-13,17H2,1H3/b24-16-,31-27?. The average Bonchev–Trinajstić information content (AvgIpc) is 3.14. The number of carbonyl (C=O) groups excluding carboxylic acids is 1. The van der Waals surface area contributed by atoms with Crippen LogP contribution >= 0.6 is 39.3 Å². The zero-order valence-electron chi connectivity index (χ0n) is 19.4. The summed E-state index contributed by atoms with van der Waals surface area (Å²) in [5.41, 5.74) is 1.90. The lowest BCUT2D eigenvalue weighted by Crippen LogP contribution is -2.32. The van der Waals surface area contributed by atoms with Crippen molar-refractivity contribution in [2.45, 2.75) is 13.5 Å². The number of nitrogens with zero attached hydrogens (tertiary/aromatic N) is 2. The smallest absolute Gasteiger partial charge is 0.266 e. The molecule has 9 heteroatoms. The van der Waals surface area contributed by atoms with Crippen molar-refractivity contribution in [3.63, 3.8) is 0 Å². The van der Waals surface area contributed by atoms with Gasteiger partial charge >= 0.3 is 0 Å². The monoisotopic (exact) mass is 588 g/mol. The molecule has 1 saturated heterocycles. The maximum absolute atomic E-state index is 13.9. The van der Waals surface area contributed by atoms with Crippen LogP contribution in [0.2, 0.25) is 5.02 Å². The average molecular weight is 590 g/mol. The van der Waals surface area contributed by atoms with Crippen LogP contribution < -0.4 is 4.74 Å². The zero-order valence-corrected chi connectivity index (χ0v) is 22.6. The van der Waals surface area contributed by atoms with E-state index in [1.807, 2.05) is 37.3 Å². The van der Waals surface area contributed by atoms with Crippen molar-refractivity contribution < 1.29 is 18.7 Å². The number of rotatable bonds is 9. The molecular weight excluding hydrogens is 567 g/mol. The molecule has 0 unspecified atom stereocenters. The summed E-state index contributed by atoms with van der Waals surface area (Å²) < 4.78 is 25.8. The van der Waals surface area contributed by atoms with Crippen molar-refractivity contribution in [2.24, 2.45) is 4.99 Å². The van der Waals surface area contributed by atoms with E-state index in [1.54, 1.807) is 41.3 Å². The Hall–Kier alpha value is -2.65. The molecule has 3 aromatic carbocycles. The molecule has 0 spiro atoms. The maximum Gasteiger partial charge on any atom is 0.266 e. The minimum Gasteiger partial charge on any atom is -0.486 e. The lowest BCUT2D eigenvalue weighted by Gasteiger charge is -2.15. The molecule has 5 nitrogen and oxygen atoms in total. The van der Waals surface area contributed by atoms with Crippen LogP contribution in [0.5, 0.6) is 5.75 Å². The third-order valence-electron chi connectivity index (χ3n) is 5.18. The molecule has 3 aromatic rings. The maximum atomic E-state index is 13.9. The Morgan fingerprint density at radius 3 is 2.61 bits per heavy atom. The van der Waals surface area contributed by atoms with Gasteiger partial charge in [0.05, 0.1) is 33.2 Å². The van der Waals surface area contributed by atoms with E-state index >= 15 is 0 Å². The van der Waals surface area contributed by atoms with Crippen LogP contribution in [0.15, 0.2) is 81.1 Å². The summed E-state index contributed by atoms with van der Waals surface area (Å²) in [7, 11) is 0. The minimum atomic E-state index is -0.343. The molecule has 1 heterocycles. The Balaban J connectivity index is 1.57. The molecule has 0 bridgehead atoms. The van der Waals surface area contributed by atoms with Crippen LogP contribution in [0.1, 0.15) is 18.1 Å². The molecule has 1 aliphatic rings. The lowest BCUT2D eigenvalue weighted by molar-refractivity contribution is -0.122. The van der Waals surface area contributed by atoms with Gasteiger partial charge in [0, 0.05) is 12.2 Å². The van der Waals surface area contributed by atoms with Crippen LogP contribution in [-0.2, 0) is 16.1 Å². The molecule has 0 radical (unpaired) electrons. The van der Waals surface area contributed by atoms with Crippen molar-refractivity contribution >= 4 is 62.1 Å². The third-order valence-corrected chi connectivity index (χ3v) is 7.06. The van der Waals surface area contributed by atoms with E-state index < -0.39 is 0 Å². The predicted molar refractivity (Wildman–Crippen MR) is 147 cm³/mol. The fraction of sp³-hybridized carbons (Fsp3) is 0.185. The number of aliphatic imine (C=N–C) groups is 1. The molecule has 186 valence electrons. The Labute approximate surface area is 227 Å². The van der Waals surface area contributed by atoms with E-state index in [4.69, 9.17) is 21.1 Å². The lowest BCUT2D eigenvalue weighted by atomic mass is 10.2. The number of ether oxygens (including phenoxy) is 2. The number of hydrogen-bond acceptors (Lipinski definition) is 5. The van der Waals surface area contributed by atoms with Gasteiger partial charge in [-0.3, -0.25) is 9.69 Å². The molecule has 1 aliphatic heterocycles. The second-order valence-electron chi connectivity index (χ2n) is 7.69. The predicted octanol–water partition coefficient (Wildman–Crippen LogP) is 7.46. The number of carbonyl (C=O) groups is 1. The van der Waals surface area contributed by atoms with Crippen LogP contribution in [0.3, 0.4) is 0 Å². The quantitative estimate of drug-likeness (QED) is 0.192. The summed E-state index contributed by atoms with van der Waals surface area (Å²) in [5.74, 6) is -0.0941. The molecule has 1 fully saturated rings. The fourth-order valence-electron chi connectivity index (χ4n) is 3.42. The third kappa shape index (κ3) is 6.56. The summed E-state index contributed by atoms with van der Waals surface area (Å²) in [4.78, 5) is 20.0. The molecule has 0 aromatic heterocycles. The summed E-state index contributed by atoms with van der Waals surface area (Å²) in [6, 6.07) is 19.4. The van der Waals surface area contributed by atoms with E-state index in [1.165, 1.54) is 17.8 Å². The van der Waals surface area contributed by atoms with Crippen molar-refractivity contribution in [3.8, 4) is 5.75 Å². The SMILES string of the molecule is CCOCCN1C(=O)/C(=C/c2cc(Cl)c(OCc3ccccc3F)c(Br)c2)SC1=Nc1ccccc1. The van der Waals surface area contributed by atoms with Crippen molar-refractivity contribution in [1.29, 1.82) is 0 Å². The number of thioether (sulfide) groups is 1. The number of amides is 1. The fourth-order valence-corrected chi connectivity index (χ4v) is 5.43. The number of halogens is 3. The second kappa shape index (κ2) is 12.5. The van der Waals surface area contributed by atoms with Gasteiger partial charge in [0.25, 0.3) is 5.91 Å². The topological polar surface area (TPSA) is 51.1 Å². The number of amidine groups is 1. The van der Waals surface area contributed by atoms with Gasteiger partial charge in [-0.1, -0.05) is 48.0 Å².